The molecular formula is C22H27N. The number of hydrogen-bond acceptors (Lipinski definition) is 1. The summed E-state index contributed by atoms with van der Waals surface area (Å²) in [5.41, 5.74) is 3.34. The number of fused-ring (bicyclic) bond motifs is 2. The van der Waals surface area contributed by atoms with Gasteiger partial charge in [-0.1, -0.05) is 80.4 Å². The van der Waals surface area contributed by atoms with Crippen LogP contribution in [0.4, 0.5) is 0 Å². The molecule has 1 heteroatoms. The molecule has 4 rings (SSSR count). The predicted octanol–water partition coefficient (Wildman–Crippen LogP) is 5.25. The van der Waals surface area contributed by atoms with E-state index in [9.17, 15) is 0 Å². The van der Waals surface area contributed by atoms with E-state index in [1.807, 2.05) is 0 Å². The molecule has 2 saturated heterocycles. The van der Waals surface area contributed by atoms with Crippen molar-refractivity contribution in [3.05, 3.63) is 71.8 Å². The van der Waals surface area contributed by atoms with Crippen LogP contribution in [0.5, 0.6) is 0 Å². The second-order valence-electron chi connectivity index (χ2n) is 7.37. The average Bonchev–Trinajstić information content (AvgIpc) is 3.18. The van der Waals surface area contributed by atoms with Gasteiger partial charge in [-0.05, 0) is 30.4 Å². The zero-order valence-electron chi connectivity index (χ0n) is 14.0. The Morgan fingerprint density at radius 3 is 2.26 bits per heavy atom. The zero-order valence-corrected chi connectivity index (χ0v) is 14.0. The van der Waals surface area contributed by atoms with Crippen LogP contribution in [0.3, 0.4) is 0 Å². The Bertz CT molecular complexity index is 636. The van der Waals surface area contributed by atoms with Crippen LogP contribution in [-0.4, -0.2) is 11.6 Å². The summed E-state index contributed by atoms with van der Waals surface area (Å²) < 4.78 is 0. The van der Waals surface area contributed by atoms with E-state index < -0.39 is 0 Å². The Morgan fingerprint density at radius 1 is 0.957 bits per heavy atom. The number of nitrogens with one attached hydrogen (secondary N) is 1. The van der Waals surface area contributed by atoms with Gasteiger partial charge in [-0.3, -0.25) is 0 Å². The number of rotatable bonds is 5. The van der Waals surface area contributed by atoms with Gasteiger partial charge in [-0.2, -0.15) is 0 Å². The first-order valence-corrected chi connectivity index (χ1v) is 9.22. The Morgan fingerprint density at radius 2 is 1.61 bits per heavy atom. The van der Waals surface area contributed by atoms with Gasteiger partial charge in [0, 0.05) is 23.4 Å². The van der Waals surface area contributed by atoms with Crippen molar-refractivity contribution in [1.82, 2.24) is 5.32 Å². The van der Waals surface area contributed by atoms with E-state index in [0.717, 1.165) is 0 Å². The molecule has 0 spiro atoms. The second-order valence-corrected chi connectivity index (χ2v) is 7.37. The molecular weight excluding hydrogens is 278 g/mol. The third-order valence-corrected chi connectivity index (χ3v) is 6.08. The van der Waals surface area contributed by atoms with Gasteiger partial charge in [-0.15, -0.1) is 0 Å². The van der Waals surface area contributed by atoms with Crippen LogP contribution >= 0.6 is 0 Å². The average molecular weight is 305 g/mol. The maximum Gasteiger partial charge on any atom is 0.0259 e. The minimum Gasteiger partial charge on any atom is -0.307 e. The van der Waals surface area contributed by atoms with E-state index >= 15 is 0 Å². The summed E-state index contributed by atoms with van der Waals surface area (Å²) in [4.78, 5) is 0. The van der Waals surface area contributed by atoms with Crippen LogP contribution in [0.1, 0.15) is 62.0 Å². The van der Waals surface area contributed by atoms with Crippen molar-refractivity contribution in [1.29, 1.82) is 0 Å². The molecule has 1 nitrogen and oxygen atoms in total. The molecule has 2 fully saturated rings. The lowest BCUT2D eigenvalue weighted by Crippen LogP contribution is -2.41. The summed E-state index contributed by atoms with van der Waals surface area (Å²) in [5.74, 6) is 1.22. The van der Waals surface area contributed by atoms with Crippen LogP contribution in [0.2, 0.25) is 0 Å². The van der Waals surface area contributed by atoms with Gasteiger partial charge in [0.2, 0.25) is 0 Å². The number of unbranched alkanes of at least 4 members (excludes halogenated alkanes) is 1. The summed E-state index contributed by atoms with van der Waals surface area (Å²) in [5, 5.41) is 4.07. The first-order chi connectivity index (χ1) is 11.3. The molecule has 0 saturated carbocycles. The fourth-order valence-electron chi connectivity index (χ4n) is 5.15. The number of benzene rings is 2. The van der Waals surface area contributed by atoms with Crippen LogP contribution in [0, 0.1) is 0 Å². The lowest BCUT2D eigenvalue weighted by Gasteiger charge is -2.39. The van der Waals surface area contributed by atoms with Gasteiger partial charge in [0.1, 0.15) is 0 Å². The fourth-order valence-corrected chi connectivity index (χ4v) is 5.15. The Kier molecular flexibility index (Phi) is 3.98. The molecule has 23 heavy (non-hydrogen) atoms. The molecule has 0 radical (unpaired) electrons. The molecule has 4 atom stereocenters. The molecule has 0 aromatic heterocycles. The fraction of sp³-hybridized carbons (Fsp3) is 0.455. The molecule has 2 aromatic rings. The van der Waals surface area contributed by atoms with Gasteiger partial charge < -0.3 is 5.32 Å². The maximum atomic E-state index is 4.07. The lowest BCUT2D eigenvalue weighted by molar-refractivity contribution is 0.290. The van der Waals surface area contributed by atoms with Crippen molar-refractivity contribution in [3.8, 4) is 0 Å². The van der Waals surface area contributed by atoms with Crippen molar-refractivity contribution < 1.29 is 0 Å². The quantitative estimate of drug-likeness (QED) is 0.795. The molecule has 0 unspecified atom stereocenters. The van der Waals surface area contributed by atoms with Crippen molar-refractivity contribution in [2.45, 2.75) is 62.4 Å². The number of hydrogen-bond donors (Lipinski definition) is 1. The highest BCUT2D eigenvalue weighted by Crippen LogP contribution is 2.57. The monoisotopic (exact) mass is 305 g/mol. The highest BCUT2D eigenvalue weighted by atomic mass is 15.1. The van der Waals surface area contributed by atoms with E-state index in [0.29, 0.717) is 23.4 Å². The minimum atomic E-state index is 0.308. The molecule has 2 aromatic carbocycles. The second kappa shape index (κ2) is 6.13. The third kappa shape index (κ3) is 2.52. The van der Waals surface area contributed by atoms with Crippen molar-refractivity contribution in [2.75, 3.05) is 0 Å². The molecule has 2 aliphatic heterocycles. The molecule has 1 N–H and O–H groups in total. The summed E-state index contributed by atoms with van der Waals surface area (Å²) in [6.45, 7) is 2.31. The lowest BCUT2D eigenvalue weighted by atomic mass is 9.65. The van der Waals surface area contributed by atoms with E-state index in [1.165, 1.54) is 43.2 Å². The van der Waals surface area contributed by atoms with Crippen LogP contribution in [0.15, 0.2) is 60.7 Å². The Hall–Kier alpha value is -1.60. The first-order valence-electron chi connectivity index (χ1n) is 9.22. The molecule has 2 heterocycles. The summed E-state index contributed by atoms with van der Waals surface area (Å²) in [6, 6.07) is 23.1. The molecule has 120 valence electrons. The molecule has 2 aliphatic rings. The van der Waals surface area contributed by atoms with Crippen molar-refractivity contribution in [2.24, 2.45) is 0 Å². The zero-order chi connectivity index (χ0) is 15.7. The van der Waals surface area contributed by atoms with Crippen molar-refractivity contribution >= 4 is 0 Å². The molecule has 2 bridgehead atoms. The van der Waals surface area contributed by atoms with E-state index in [4.69, 9.17) is 0 Å². The molecule has 0 amide bonds. The smallest absolute Gasteiger partial charge is 0.0259 e. The summed E-state index contributed by atoms with van der Waals surface area (Å²) in [7, 11) is 0. The summed E-state index contributed by atoms with van der Waals surface area (Å²) in [6.07, 6.45) is 6.58. The SMILES string of the molecule is CCCC[C@@]12CC[C@@H](N1)[C@H](c1ccccc1)[C@H]2c1ccccc1. The third-order valence-electron chi connectivity index (χ3n) is 6.08. The minimum absolute atomic E-state index is 0.308. The largest absolute Gasteiger partial charge is 0.307 e. The van der Waals surface area contributed by atoms with Gasteiger partial charge in [0.15, 0.2) is 0 Å². The van der Waals surface area contributed by atoms with Crippen LogP contribution < -0.4 is 5.32 Å². The topological polar surface area (TPSA) is 12.0 Å². The van der Waals surface area contributed by atoms with Gasteiger partial charge in [0.25, 0.3) is 0 Å². The van der Waals surface area contributed by atoms with Gasteiger partial charge in [-0.25, -0.2) is 0 Å². The van der Waals surface area contributed by atoms with E-state index in [-0.39, 0.29) is 0 Å². The van der Waals surface area contributed by atoms with Crippen LogP contribution in [0.25, 0.3) is 0 Å². The Balaban J connectivity index is 1.77. The normalized spacial score (nSPS) is 32.3. The van der Waals surface area contributed by atoms with Gasteiger partial charge >= 0.3 is 0 Å². The molecule has 0 aliphatic carbocycles. The van der Waals surface area contributed by atoms with E-state index in [1.54, 1.807) is 0 Å². The first kappa shape index (κ1) is 15.0. The van der Waals surface area contributed by atoms with Crippen molar-refractivity contribution in [3.63, 3.8) is 0 Å². The van der Waals surface area contributed by atoms with E-state index in [2.05, 4.69) is 72.9 Å². The highest BCUT2D eigenvalue weighted by molar-refractivity contribution is 5.39. The van der Waals surface area contributed by atoms with Gasteiger partial charge in [0.05, 0.1) is 0 Å². The summed E-state index contributed by atoms with van der Waals surface area (Å²) >= 11 is 0. The predicted molar refractivity (Wildman–Crippen MR) is 96.8 cm³/mol. The van der Waals surface area contributed by atoms with Crippen LogP contribution in [-0.2, 0) is 0 Å². The highest BCUT2D eigenvalue weighted by Gasteiger charge is 2.57. The Labute approximate surface area is 140 Å². The standard InChI is InChI=1S/C22H27N/c1-2-3-15-22-16-14-19(23-22)20(17-10-6-4-7-11-17)21(22)18-12-8-5-9-13-18/h4-13,19-21,23H,2-3,14-16H2,1H3/t19-,20+,21-,22+/m1/s1. The maximum absolute atomic E-state index is 4.07.